The van der Waals surface area contributed by atoms with E-state index in [2.05, 4.69) is 25.7 Å². The van der Waals surface area contributed by atoms with Crippen molar-refractivity contribution in [1.29, 1.82) is 0 Å². The number of aliphatic imine (C=N–C) groups is 1. The minimum Gasteiger partial charge on any atom is -0.357 e. The lowest BCUT2D eigenvalue weighted by molar-refractivity contribution is -0.140. The predicted molar refractivity (Wildman–Crippen MR) is 102 cm³/mol. The molecule has 0 spiro atoms. The largest absolute Gasteiger partial charge is 0.434 e. The van der Waals surface area contributed by atoms with Crippen molar-refractivity contribution in [3.05, 3.63) is 34.5 Å². The summed E-state index contributed by atoms with van der Waals surface area (Å²) in [5, 5.41) is 11.8. The maximum atomic E-state index is 12.5. The second kappa shape index (κ2) is 10.6. The van der Waals surface area contributed by atoms with Gasteiger partial charge in [-0.3, -0.25) is 9.67 Å². The van der Waals surface area contributed by atoms with Gasteiger partial charge in [0, 0.05) is 43.8 Å². The van der Waals surface area contributed by atoms with Crippen LogP contribution in [0.5, 0.6) is 0 Å². The molecule has 25 heavy (non-hydrogen) atoms. The molecule has 2 rings (SSSR count). The summed E-state index contributed by atoms with van der Waals surface area (Å²) < 4.78 is 39.3. The number of halogens is 4. The molecule has 0 aliphatic heterocycles. The Labute approximate surface area is 165 Å². The summed E-state index contributed by atoms with van der Waals surface area (Å²) in [5.74, 6) is 0.622. The summed E-state index contributed by atoms with van der Waals surface area (Å²) in [7, 11) is 0. The summed E-state index contributed by atoms with van der Waals surface area (Å²) in [6, 6.07) is 1.85. The number of alkyl halides is 3. The summed E-state index contributed by atoms with van der Waals surface area (Å²) in [6.45, 7) is 4.34. The molecule has 2 aromatic rings. The molecule has 140 valence electrons. The van der Waals surface area contributed by atoms with Gasteiger partial charge in [0.25, 0.3) is 0 Å². The van der Waals surface area contributed by atoms with Gasteiger partial charge in [-0.2, -0.15) is 18.3 Å². The molecule has 0 fully saturated rings. The van der Waals surface area contributed by atoms with Gasteiger partial charge >= 0.3 is 6.18 Å². The highest BCUT2D eigenvalue weighted by Gasteiger charge is 2.33. The molecule has 0 saturated heterocycles. The zero-order valence-electron chi connectivity index (χ0n) is 13.6. The highest BCUT2D eigenvalue weighted by atomic mass is 127. The van der Waals surface area contributed by atoms with Crippen LogP contribution in [0.1, 0.15) is 17.6 Å². The smallest absolute Gasteiger partial charge is 0.357 e. The quantitative estimate of drug-likeness (QED) is 0.358. The van der Waals surface area contributed by atoms with Crippen molar-refractivity contribution in [3.8, 4) is 0 Å². The molecule has 0 saturated carbocycles. The molecule has 0 aromatic carbocycles. The van der Waals surface area contributed by atoms with Crippen LogP contribution in [0.15, 0.2) is 28.8 Å². The topological polar surface area (TPSA) is 67.1 Å². The van der Waals surface area contributed by atoms with Crippen LogP contribution >= 0.6 is 35.3 Å². The Hall–Kier alpha value is -1.37. The van der Waals surface area contributed by atoms with Gasteiger partial charge in [0.2, 0.25) is 0 Å². The third-order valence-corrected chi connectivity index (χ3v) is 3.88. The number of aromatic nitrogens is 3. The first kappa shape index (κ1) is 21.7. The van der Waals surface area contributed by atoms with E-state index in [1.807, 2.05) is 19.2 Å². The van der Waals surface area contributed by atoms with Gasteiger partial charge in [-0.15, -0.1) is 35.3 Å². The maximum absolute atomic E-state index is 12.5. The summed E-state index contributed by atoms with van der Waals surface area (Å²) >= 11 is 1.00. The molecule has 2 N–H and O–H groups in total. The molecular formula is C14H20F3IN6S. The van der Waals surface area contributed by atoms with E-state index in [0.717, 1.165) is 16.7 Å². The SMILES string of the molecule is CCNC(=NCCc1nc(C(F)(F)F)cs1)NCCn1cccn1.I. The molecule has 0 aliphatic rings. The van der Waals surface area contributed by atoms with Gasteiger partial charge in [-0.25, -0.2) is 4.98 Å². The number of guanidine groups is 1. The number of nitrogens with zero attached hydrogens (tertiary/aromatic N) is 4. The Balaban J connectivity index is 0.00000312. The zero-order valence-corrected chi connectivity index (χ0v) is 16.7. The minimum absolute atomic E-state index is 0. The van der Waals surface area contributed by atoms with Crippen molar-refractivity contribution in [2.45, 2.75) is 26.1 Å². The van der Waals surface area contributed by atoms with Crippen LogP contribution < -0.4 is 10.6 Å². The molecule has 6 nitrogen and oxygen atoms in total. The molecule has 2 heterocycles. The second-order valence-electron chi connectivity index (χ2n) is 4.83. The normalized spacial score (nSPS) is 11.9. The van der Waals surface area contributed by atoms with E-state index in [0.29, 0.717) is 43.6 Å². The molecule has 0 aliphatic carbocycles. The van der Waals surface area contributed by atoms with Gasteiger partial charge in [-0.05, 0) is 13.0 Å². The molecule has 0 radical (unpaired) electrons. The first-order valence-corrected chi connectivity index (χ1v) is 8.38. The molecule has 2 aromatic heterocycles. The van der Waals surface area contributed by atoms with E-state index >= 15 is 0 Å². The third kappa shape index (κ3) is 7.59. The molecule has 0 amide bonds. The minimum atomic E-state index is -4.39. The molecule has 0 bridgehead atoms. The highest BCUT2D eigenvalue weighted by Crippen LogP contribution is 2.30. The van der Waals surface area contributed by atoms with E-state index in [1.54, 1.807) is 10.9 Å². The average molecular weight is 488 g/mol. The Morgan fingerprint density at radius 2 is 2.16 bits per heavy atom. The van der Waals surface area contributed by atoms with Crippen molar-refractivity contribution in [2.24, 2.45) is 4.99 Å². The van der Waals surface area contributed by atoms with Crippen LogP contribution in [0.3, 0.4) is 0 Å². The third-order valence-electron chi connectivity index (χ3n) is 2.97. The van der Waals surface area contributed by atoms with Crippen LogP contribution in [0.4, 0.5) is 13.2 Å². The number of hydrogen-bond donors (Lipinski definition) is 2. The number of rotatable bonds is 7. The lowest BCUT2D eigenvalue weighted by atomic mass is 10.4. The fraction of sp³-hybridized carbons (Fsp3) is 0.500. The van der Waals surface area contributed by atoms with Crippen molar-refractivity contribution >= 4 is 41.3 Å². The van der Waals surface area contributed by atoms with E-state index in [1.165, 1.54) is 0 Å². The Kier molecular flexibility index (Phi) is 9.17. The van der Waals surface area contributed by atoms with E-state index in [-0.39, 0.29) is 24.0 Å². The lowest BCUT2D eigenvalue weighted by Gasteiger charge is -2.11. The van der Waals surface area contributed by atoms with Crippen LogP contribution in [0.25, 0.3) is 0 Å². The molecule has 0 unspecified atom stereocenters. The van der Waals surface area contributed by atoms with Crippen molar-refractivity contribution in [1.82, 2.24) is 25.4 Å². The van der Waals surface area contributed by atoms with Crippen molar-refractivity contribution in [2.75, 3.05) is 19.6 Å². The monoisotopic (exact) mass is 488 g/mol. The fourth-order valence-electron chi connectivity index (χ4n) is 1.88. The Morgan fingerprint density at radius 3 is 2.76 bits per heavy atom. The highest BCUT2D eigenvalue weighted by molar-refractivity contribution is 14.0. The van der Waals surface area contributed by atoms with Gasteiger partial charge in [0.1, 0.15) is 0 Å². The van der Waals surface area contributed by atoms with Crippen molar-refractivity contribution in [3.63, 3.8) is 0 Å². The predicted octanol–water partition coefficient (Wildman–Crippen LogP) is 2.77. The standard InChI is InChI=1S/C14H19F3N6S.HI/c1-2-18-13(20-7-9-23-8-3-5-21-23)19-6-4-12-22-11(10-24-12)14(15,16)17;/h3,5,8,10H,2,4,6-7,9H2,1H3,(H2,18,19,20);1H. The lowest BCUT2D eigenvalue weighted by Crippen LogP contribution is -2.39. The van der Waals surface area contributed by atoms with Crippen LogP contribution in [0.2, 0.25) is 0 Å². The number of hydrogen-bond acceptors (Lipinski definition) is 4. The number of nitrogens with one attached hydrogen (secondary N) is 2. The molecule has 0 atom stereocenters. The first-order chi connectivity index (χ1) is 11.5. The van der Waals surface area contributed by atoms with Crippen LogP contribution in [-0.4, -0.2) is 40.4 Å². The van der Waals surface area contributed by atoms with Gasteiger partial charge in [-0.1, -0.05) is 0 Å². The Morgan fingerprint density at radius 1 is 1.36 bits per heavy atom. The van der Waals surface area contributed by atoms with Crippen LogP contribution in [-0.2, 0) is 19.1 Å². The molecular weight excluding hydrogens is 468 g/mol. The Bertz CT molecular complexity index is 641. The summed E-state index contributed by atoms with van der Waals surface area (Å²) in [6.07, 6.45) is -0.438. The second-order valence-corrected chi connectivity index (χ2v) is 5.77. The van der Waals surface area contributed by atoms with Gasteiger partial charge in [0.05, 0.1) is 11.6 Å². The molecule has 11 heteroatoms. The van der Waals surface area contributed by atoms with Crippen LogP contribution in [0, 0.1) is 0 Å². The van der Waals surface area contributed by atoms with Crippen molar-refractivity contribution < 1.29 is 13.2 Å². The van der Waals surface area contributed by atoms with E-state index in [9.17, 15) is 13.2 Å². The van der Waals surface area contributed by atoms with Gasteiger partial charge < -0.3 is 10.6 Å². The fourth-order valence-corrected chi connectivity index (χ4v) is 2.68. The zero-order chi connectivity index (χ0) is 17.4. The number of thiazole rings is 1. The maximum Gasteiger partial charge on any atom is 0.434 e. The summed E-state index contributed by atoms with van der Waals surface area (Å²) in [4.78, 5) is 7.94. The van der Waals surface area contributed by atoms with E-state index < -0.39 is 11.9 Å². The van der Waals surface area contributed by atoms with Gasteiger partial charge in [0.15, 0.2) is 11.7 Å². The first-order valence-electron chi connectivity index (χ1n) is 7.50. The van der Waals surface area contributed by atoms with E-state index in [4.69, 9.17) is 0 Å². The average Bonchev–Trinajstić information content (AvgIpc) is 3.18. The summed E-state index contributed by atoms with van der Waals surface area (Å²) in [5.41, 5.74) is -0.837.